The quantitative estimate of drug-likeness (QED) is 0.473. The molecule has 224 valence electrons. The van der Waals surface area contributed by atoms with E-state index in [9.17, 15) is 29.4 Å². The summed E-state index contributed by atoms with van der Waals surface area (Å²) in [5.41, 5.74) is -5.15. The van der Waals surface area contributed by atoms with E-state index in [1.807, 2.05) is 6.92 Å². The van der Waals surface area contributed by atoms with Crippen LogP contribution >= 0.6 is 0 Å². The van der Waals surface area contributed by atoms with Gasteiger partial charge in [-0.15, -0.1) is 0 Å². The Morgan fingerprint density at radius 3 is 2.46 bits per heavy atom. The number of carboxylic acid groups (broad SMARTS) is 1. The van der Waals surface area contributed by atoms with E-state index in [1.165, 1.54) is 12.2 Å². The highest BCUT2D eigenvalue weighted by atomic mass is 19.1. The van der Waals surface area contributed by atoms with E-state index in [2.05, 4.69) is 0 Å². The first-order chi connectivity index (χ1) is 19.1. The fourth-order valence-electron chi connectivity index (χ4n) is 9.59. The summed E-state index contributed by atoms with van der Waals surface area (Å²) in [5, 5.41) is 20.9. The van der Waals surface area contributed by atoms with E-state index in [1.54, 1.807) is 26.8 Å². The molecule has 1 heterocycles. The molecule has 41 heavy (non-hydrogen) atoms. The fraction of sp³-hybridized carbons (Fsp3) is 0.742. The Balaban J connectivity index is 1.30. The number of esters is 1. The van der Waals surface area contributed by atoms with Crippen molar-refractivity contribution < 1.29 is 48.0 Å². The largest absolute Gasteiger partial charge is 0.481 e. The van der Waals surface area contributed by atoms with Crippen LogP contribution in [0.25, 0.3) is 0 Å². The maximum absolute atomic E-state index is 17.5. The van der Waals surface area contributed by atoms with Gasteiger partial charge in [-0.1, -0.05) is 18.6 Å². The van der Waals surface area contributed by atoms with Crippen molar-refractivity contribution in [2.75, 3.05) is 6.61 Å². The second-order valence-electron chi connectivity index (χ2n) is 13.9. The van der Waals surface area contributed by atoms with Gasteiger partial charge in [0, 0.05) is 16.7 Å². The lowest BCUT2D eigenvalue weighted by atomic mass is 9.44. The first kappa shape index (κ1) is 28.7. The Labute approximate surface area is 238 Å². The van der Waals surface area contributed by atoms with Crippen LogP contribution < -0.4 is 0 Å². The van der Waals surface area contributed by atoms with Gasteiger partial charge in [-0.2, -0.15) is 0 Å². The highest BCUT2D eigenvalue weighted by Gasteiger charge is 2.80. The van der Waals surface area contributed by atoms with Crippen LogP contribution in [0, 0.1) is 34.5 Å². The smallest absolute Gasteiger partial charge is 0.309 e. The van der Waals surface area contributed by atoms with Gasteiger partial charge in [0.1, 0.15) is 0 Å². The number of aliphatic hydroxyl groups is 1. The number of alkyl halides is 1. The molecule has 0 amide bonds. The minimum Gasteiger partial charge on any atom is -0.481 e. The molecular formula is C31H39FO9. The van der Waals surface area contributed by atoms with Crippen LogP contribution in [0.15, 0.2) is 23.8 Å². The van der Waals surface area contributed by atoms with Crippen LogP contribution in [0.3, 0.4) is 0 Å². The molecule has 6 rings (SSSR count). The summed E-state index contributed by atoms with van der Waals surface area (Å²) in [4.78, 5) is 50.4. The first-order valence-electron chi connectivity index (χ1n) is 14.7. The number of hydrogen-bond donors (Lipinski definition) is 2. The van der Waals surface area contributed by atoms with Crippen molar-refractivity contribution in [3.63, 3.8) is 0 Å². The molecule has 0 aromatic rings. The molecule has 2 N–H and O–H groups in total. The van der Waals surface area contributed by atoms with Crippen LogP contribution in [-0.4, -0.2) is 69.6 Å². The molecule has 5 aliphatic carbocycles. The number of aliphatic carboxylic acids is 1. The Kier molecular flexibility index (Phi) is 6.32. The minimum absolute atomic E-state index is 0.0755. The number of allylic oxidation sites excluding steroid dienone is 4. The number of fused-ring (bicyclic) bond motifs is 7. The lowest BCUT2D eigenvalue weighted by molar-refractivity contribution is -0.246. The predicted octanol–water partition coefficient (Wildman–Crippen LogP) is 3.47. The summed E-state index contributed by atoms with van der Waals surface area (Å²) in [6.07, 6.45) is 4.35. The molecule has 0 radical (unpaired) electrons. The van der Waals surface area contributed by atoms with Crippen molar-refractivity contribution in [2.45, 2.75) is 102 Å². The Morgan fingerprint density at radius 2 is 1.78 bits per heavy atom. The van der Waals surface area contributed by atoms with Crippen molar-refractivity contribution in [1.82, 2.24) is 0 Å². The number of Topliss-reactive ketones (excluding diaryl/α,β-unsaturated/α-hetero) is 1. The molecule has 5 fully saturated rings. The van der Waals surface area contributed by atoms with Crippen molar-refractivity contribution in [1.29, 1.82) is 0 Å². The zero-order valence-corrected chi connectivity index (χ0v) is 24.0. The number of ketones is 2. The SMILES string of the molecule is CC1(C)O[C@@H]2C[C@H]3[C@@H]4CCC5=CC(=O)C=C[C@]5(C)[C@@]4(F)[C@@H](O)C[C@]3(C)[C@]2(C(=O)COC(=O)[C@@H]2CC[C@H](C(=O)O)C2)O1. The average Bonchev–Trinajstić information content (AvgIpc) is 3.55. The third kappa shape index (κ3) is 3.75. The van der Waals surface area contributed by atoms with Gasteiger partial charge in [0.25, 0.3) is 0 Å². The topological polar surface area (TPSA) is 136 Å². The molecule has 6 aliphatic rings. The zero-order valence-electron chi connectivity index (χ0n) is 24.0. The van der Waals surface area contributed by atoms with Crippen LogP contribution in [0.5, 0.6) is 0 Å². The van der Waals surface area contributed by atoms with E-state index in [4.69, 9.17) is 14.2 Å². The van der Waals surface area contributed by atoms with Crippen molar-refractivity contribution in [3.05, 3.63) is 23.8 Å². The first-order valence-corrected chi connectivity index (χ1v) is 14.7. The van der Waals surface area contributed by atoms with E-state index in [0.717, 1.165) is 0 Å². The molecule has 0 unspecified atom stereocenters. The highest BCUT2D eigenvalue weighted by molar-refractivity contribution is 6.01. The molecule has 0 aromatic carbocycles. The maximum atomic E-state index is 17.5. The molecule has 1 saturated heterocycles. The molecule has 9 nitrogen and oxygen atoms in total. The standard InChI is InChI=1S/C31H39FO9/c1-27(2)40-24-13-21-20-8-7-18-12-19(33)9-10-28(18,3)30(20,32)22(34)14-29(21,4)31(24,41-27)23(35)15-39-26(38)17-6-5-16(11-17)25(36)37/h9-10,12,16-17,20-22,24,34H,5-8,11,13-15H2,1-4H3,(H,36,37)/t16-,17+,20-,21-,22-,24+,28-,29-,30-,31+/m0/s1. The van der Waals surface area contributed by atoms with Gasteiger partial charge in [0.15, 0.2) is 29.4 Å². The lowest BCUT2D eigenvalue weighted by Crippen LogP contribution is -2.70. The number of rotatable bonds is 5. The third-order valence-electron chi connectivity index (χ3n) is 11.5. The second-order valence-corrected chi connectivity index (χ2v) is 13.9. The number of carbonyl (C=O) groups excluding carboxylic acids is 3. The predicted molar refractivity (Wildman–Crippen MR) is 141 cm³/mol. The molecule has 0 spiro atoms. The Morgan fingerprint density at radius 1 is 1.07 bits per heavy atom. The van der Waals surface area contributed by atoms with Gasteiger partial charge in [0.05, 0.1) is 24.0 Å². The molecule has 1 aliphatic heterocycles. The van der Waals surface area contributed by atoms with Crippen molar-refractivity contribution >= 4 is 23.5 Å². The van der Waals surface area contributed by atoms with Gasteiger partial charge in [-0.3, -0.25) is 19.2 Å². The Hall–Kier alpha value is -2.43. The number of carbonyl (C=O) groups is 4. The van der Waals surface area contributed by atoms with E-state index < -0.39 is 82.2 Å². The van der Waals surface area contributed by atoms with Crippen molar-refractivity contribution in [3.8, 4) is 0 Å². The molecule has 0 aromatic heterocycles. The molecule has 0 bridgehead atoms. The van der Waals surface area contributed by atoms with Crippen LogP contribution in [0.4, 0.5) is 4.39 Å². The van der Waals surface area contributed by atoms with Gasteiger partial charge < -0.3 is 24.4 Å². The second kappa shape index (κ2) is 9.04. The van der Waals surface area contributed by atoms with Crippen LogP contribution in [0.2, 0.25) is 0 Å². The van der Waals surface area contributed by atoms with Gasteiger partial charge in [-0.05, 0) is 83.8 Å². The third-order valence-corrected chi connectivity index (χ3v) is 11.5. The summed E-state index contributed by atoms with van der Waals surface area (Å²) in [7, 11) is 0. The van der Waals surface area contributed by atoms with Gasteiger partial charge in [0.2, 0.25) is 5.78 Å². The van der Waals surface area contributed by atoms with Gasteiger partial charge in [-0.25, -0.2) is 4.39 Å². The summed E-state index contributed by atoms with van der Waals surface area (Å²) >= 11 is 0. The van der Waals surface area contributed by atoms with Gasteiger partial charge >= 0.3 is 11.9 Å². The zero-order chi connectivity index (χ0) is 29.8. The monoisotopic (exact) mass is 574 g/mol. The number of hydrogen-bond acceptors (Lipinski definition) is 8. The summed E-state index contributed by atoms with van der Waals surface area (Å²) in [6.45, 7) is 6.42. The average molecular weight is 575 g/mol. The summed E-state index contributed by atoms with van der Waals surface area (Å²) in [5.74, 6) is -5.59. The van der Waals surface area contributed by atoms with E-state index in [-0.39, 0.29) is 24.5 Å². The molecule has 4 saturated carbocycles. The number of halogens is 1. The Bertz CT molecular complexity index is 1270. The number of ether oxygens (including phenoxy) is 3. The highest BCUT2D eigenvalue weighted by Crippen LogP contribution is 2.72. The lowest BCUT2D eigenvalue weighted by Gasteiger charge is -2.62. The van der Waals surface area contributed by atoms with Crippen LogP contribution in [0.1, 0.15) is 72.6 Å². The van der Waals surface area contributed by atoms with Crippen LogP contribution in [-0.2, 0) is 33.4 Å². The number of carboxylic acids is 1. The molecular weight excluding hydrogens is 535 g/mol. The normalized spacial score (nSPS) is 47.6. The summed E-state index contributed by atoms with van der Waals surface area (Å²) < 4.78 is 35.7. The molecule has 10 heteroatoms. The number of aliphatic hydroxyl groups excluding tert-OH is 1. The minimum atomic E-state index is -2.06. The molecule has 10 atom stereocenters. The fourth-order valence-corrected chi connectivity index (χ4v) is 9.59. The maximum Gasteiger partial charge on any atom is 0.309 e. The summed E-state index contributed by atoms with van der Waals surface area (Å²) in [6, 6.07) is 0. The van der Waals surface area contributed by atoms with E-state index >= 15 is 4.39 Å². The van der Waals surface area contributed by atoms with E-state index in [0.29, 0.717) is 37.7 Å². The van der Waals surface area contributed by atoms with Crippen molar-refractivity contribution in [2.24, 2.45) is 34.5 Å².